The van der Waals surface area contributed by atoms with Crippen molar-refractivity contribution in [2.45, 2.75) is 6.61 Å². The topological polar surface area (TPSA) is 35.5 Å². The van der Waals surface area contributed by atoms with Crippen LogP contribution in [0, 0.1) is 0 Å². The van der Waals surface area contributed by atoms with E-state index in [1.807, 2.05) is 18.2 Å². The minimum absolute atomic E-state index is 0.196. The van der Waals surface area contributed by atoms with Crippen LogP contribution in [-0.2, 0) is 20.2 Å². The van der Waals surface area contributed by atoms with Gasteiger partial charge in [-0.05, 0) is 11.6 Å². The maximum absolute atomic E-state index is 11.4. The highest BCUT2D eigenvalue weighted by molar-refractivity contribution is 7.52. The second kappa shape index (κ2) is 4.94. The van der Waals surface area contributed by atoms with Crippen LogP contribution in [0.4, 0.5) is 0 Å². The van der Waals surface area contributed by atoms with E-state index in [-0.39, 0.29) is 6.61 Å². The summed E-state index contributed by atoms with van der Waals surface area (Å²) < 4.78 is 21.2. The van der Waals surface area contributed by atoms with E-state index in [2.05, 4.69) is 4.52 Å². The Balaban J connectivity index is 2.63. The first-order valence-corrected chi connectivity index (χ1v) is 6.43. The van der Waals surface area contributed by atoms with Gasteiger partial charge in [-0.1, -0.05) is 29.8 Å². The predicted octanol–water partition coefficient (Wildman–Crippen LogP) is 3.33. The molecule has 0 saturated heterocycles. The van der Waals surface area contributed by atoms with Gasteiger partial charge < -0.3 is 9.05 Å². The molecule has 0 aromatic heterocycles. The number of hydrogen-bond donors (Lipinski definition) is 0. The molecule has 0 amide bonds. The SMILES string of the molecule is COP(C)(=O)OCc1ccccc1Cl. The molecule has 1 aromatic rings. The Labute approximate surface area is 88.5 Å². The van der Waals surface area contributed by atoms with Crippen molar-refractivity contribution in [1.82, 2.24) is 0 Å². The molecule has 78 valence electrons. The van der Waals surface area contributed by atoms with Crippen molar-refractivity contribution in [2.24, 2.45) is 0 Å². The zero-order chi connectivity index (χ0) is 10.6. The predicted molar refractivity (Wildman–Crippen MR) is 56.8 cm³/mol. The standard InChI is InChI=1S/C9H12ClO3P/c1-12-14(2,11)13-7-8-5-3-4-6-9(8)10/h3-6H,7H2,1-2H3. The van der Waals surface area contributed by atoms with Crippen LogP contribution in [0.5, 0.6) is 0 Å². The fourth-order valence-electron chi connectivity index (χ4n) is 0.855. The lowest BCUT2D eigenvalue weighted by atomic mass is 10.2. The molecule has 0 aliphatic heterocycles. The molecule has 3 nitrogen and oxygen atoms in total. The van der Waals surface area contributed by atoms with Crippen LogP contribution >= 0.6 is 19.2 Å². The number of benzene rings is 1. The van der Waals surface area contributed by atoms with Crippen molar-refractivity contribution in [3.8, 4) is 0 Å². The van der Waals surface area contributed by atoms with E-state index in [1.54, 1.807) is 6.07 Å². The smallest absolute Gasteiger partial charge is 0.312 e. The minimum atomic E-state index is -2.92. The van der Waals surface area contributed by atoms with Gasteiger partial charge >= 0.3 is 7.60 Å². The molecule has 0 radical (unpaired) electrons. The Morgan fingerprint density at radius 1 is 1.43 bits per heavy atom. The lowest BCUT2D eigenvalue weighted by molar-refractivity contribution is 0.230. The van der Waals surface area contributed by atoms with Crippen molar-refractivity contribution < 1.29 is 13.6 Å². The molecule has 0 spiro atoms. The van der Waals surface area contributed by atoms with Crippen molar-refractivity contribution in [1.29, 1.82) is 0 Å². The maximum atomic E-state index is 11.4. The van der Waals surface area contributed by atoms with Crippen LogP contribution < -0.4 is 0 Å². The van der Waals surface area contributed by atoms with Gasteiger partial charge in [-0.3, -0.25) is 4.57 Å². The Morgan fingerprint density at radius 2 is 2.07 bits per heavy atom. The third-order valence-corrected chi connectivity index (χ3v) is 3.37. The number of hydrogen-bond acceptors (Lipinski definition) is 3. The third-order valence-electron chi connectivity index (χ3n) is 1.74. The van der Waals surface area contributed by atoms with Crippen LogP contribution in [-0.4, -0.2) is 13.8 Å². The molecule has 0 N–H and O–H groups in total. The molecule has 1 atom stereocenters. The molecule has 5 heteroatoms. The van der Waals surface area contributed by atoms with Gasteiger partial charge in [0, 0.05) is 18.8 Å². The Kier molecular flexibility index (Phi) is 4.14. The first-order valence-electron chi connectivity index (χ1n) is 4.06. The van der Waals surface area contributed by atoms with E-state index in [1.165, 1.54) is 13.8 Å². The Bertz CT molecular complexity index is 354. The van der Waals surface area contributed by atoms with Crippen LogP contribution in [0.15, 0.2) is 24.3 Å². The van der Waals surface area contributed by atoms with Gasteiger partial charge in [0.1, 0.15) is 0 Å². The van der Waals surface area contributed by atoms with Crippen molar-refractivity contribution in [3.63, 3.8) is 0 Å². The molecule has 1 aromatic carbocycles. The summed E-state index contributed by atoms with van der Waals surface area (Å²) in [7, 11) is -1.56. The van der Waals surface area contributed by atoms with Gasteiger partial charge in [0.15, 0.2) is 0 Å². The molecule has 0 bridgehead atoms. The maximum Gasteiger partial charge on any atom is 0.327 e. The molecule has 14 heavy (non-hydrogen) atoms. The largest absolute Gasteiger partial charge is 0.327 e. The summed E-state index contributed by atoms with van der Waals surface area (Å²) in [4.78, 5) is 0. The molecule has 0 aliphatic rings. The van der Waals surface area contributed by atoms with Crippen molar-refractivity contribution >= 4 is 19.2 Å². The van der Waals surface area contributed by atoms with Gasteiger partial charge in [0.25, 0.3) is 0 Å². The monoisotopic (exact) mass is 234 g/mol. The zero-order valence-electron chi connectivity index (χ0n) is 8.07. The van der Waals surface area contributed by atoms with Crippen LogP contribution in [0.3, 0.4) is 0 Å². The summed E-state index contributed by atoms with van der Waals surface area (Å²) in [6.07, 6.45) is 0. The van der Waals surface area contributed by atoms with Gasteiger partial charge in [0.05, 0.1) is 6.61 Å². The van der Waals surface area contributed by atoms with Gasteiger partial charge in [-0.2, -0.15) is 0 Å². The highest BCUT2D eigenvalue weighted by Gasteiger charge is 2.14. The lowest BCUT2D eigenvalue weighted by Crippen LogP contribution is -1.93. The summed E-state index contributed by atoms with van der Waals surface area (Å²) in [5.41, 5.74) is 0.799. The summed E-state index contributed by atoms with van der Waals surface area (Å²) in [5, 5.41) is 0.601. The molecule has 0 aliphatic carbocycles. The molecule has 1 unspecified atom stereocenters. The van der Waals surface area contributed by atoms with Crippen LogP contribution in [0.1, 0.15) is 5.56 Å². The highest BCUT2D eigenvalue weighted by atomic mass is 35.5. The third kappa shape index (κ3) is 3.43. The highest BCUT2D eigenvalue weighted by Crippen LogP contribution is 2.43. The van der Waals surface area contributed by atoms with E-state index >= 15 is 0 Å². The van der Waals surface area contributed by atoms with Crippen molar-refractivity contribution in [3.05, 3.63) is 34.9 Å². The van der Waals surface area contributed by atoms with E-state index < -0.39 is 7.60 Å². The quantitative estimate of drug-likeness (QED) is 0.750. The second-order valence-electron chi connectivity index (χ2n) is 2.82. The van der Waals surface area contributed by atoms with Gasteiger partial charge in [0.2, 0.25) is 0 Å². The second-order valence-corrected chi connectivity index (χ2v) is 5.39. The number of rotatable bonds is 4. The summed E-state index contributed by atoms with van der Waals surface area (Å²) in [6.45, 7) is 1.62. The van der Waals surface area contributed by atoms with Crippen molar-refractivity contribution in [2.75, 3.05) is 13.8 Å². The summed E-state index contributed by atoms with van der Waals surface area (Å²) >= 11 is 5.89. The Hall–Kier alpha value is -0.340. The average molecular weight is 235 g/mol. The molecule has 0 fully saturated rings. The van der Waals surface area contributed by atoms with Crippen LogP contribution in [0.25, 0.3) is 0 Å². The fraction of sp³-hybridized carbons (Fsp3) is 0.333. The fourth-order valence-corrected chi connectivity index (χ4v) is 1.52. The van der Waals surface area contributed by atoms with E-state index in [4.69, 9.17) is 16.1 Å². The molecule has 0 saturated carbocycles. The minimum Gasteiger partial charge on any atom is -0.312 e. The first-order chi connectivity index (χ1) is 6.55. The molecular weight excluding hydrogens is 223 g/mol. The zero-order valence-corrected chi connectivity index (χ0v) is 9.72. The summed E-state index contributed by atoms with van der Waals surface area (Å²) in [5.74, 6) is 0. The Morgan fingerprint density at radius 3 is 2.64 bits per heavy atom. The van der Waals surface area contributed by atoms with Crippen LogP contribution in [0.2, 0.25) is 5.02 Å². The first kappa shape index (κ1) is 11.7. The lowest BCUT2D eigenvalue weighted by Gasteiger charge is -2.11. The van der Waals surface area contributed by atoms with Gasteiger partial charge in [-0.15, -0.1) is 0 Å². The average Bonchev–Trinajstić information content (AvgIpc) is 2.17. The molecule has 0 heterocycles. The molecule has 1 rings (SSSR count). The van der Waals surface area contributed by atoms with E-state index in [0.717, 1.165) is 5.56 Å². The van der Waals surface area contributed by atoms with E-state index in [0.29, 0.717) is 5.02 Å². The normalized spacial score (nSPS) is 15.1. The summed E-state index contributed by atoms with van der Waals surface area (Å²) in [6, 6.07) is 7.25. The van der Waals surface area contributed by atoms with E-state index in [9.17, 15) is 4.57 Å². The molecular formula is C9H12ClO3P. The van der Waals surface area contributed by atoms with Gasteiger partial charge in [-0.25, -0.2) is 0 Å². The number of halogens is 1.